The number of amides is 2. The molecule has 1 fully saturated rings. The number of methoxy groups -OCH3 is 1. The van der Waals surface area contributed by atoms with Crippen LogP contribution in [0.25, 0.3) is 0 Å². The van der Waals surface area contributed by atoms with Gasteiger partial charge in [-0.15, -0.1) is 0 Å². The van der Waals surface area contributed by atoms with Crippen LogP contribution in [0, 0.1) is 0 Å². The molecule has 0 radical (unpaired) electrons. The maximum atomic E-state index is 12.3. The SMILES string of the molecule is COc1ccc(C2CCCN2CC(=O)NCC(=O)Nc2ccccc2Br)cc1. The average Bonchev–Trinajstić information content (AvgIpc) is 3.16. The zero-order chi connectivity index (χ0) is 19.9. The van der Waals surface area contributed by atoms with Crippen LogP contribution in [0.4, 0.5) is 5.69 Å². The number of ether oxygens (including phenoxy) is 1. The lowest BCUT2D eigenvalue weighted by molar-refractivity contribution is -0.125. The normalized spacial score (nSPS) is 16.6. The highest BCUT2D eigenvalue weighted by atomic mass is 79.9. The molecule has 2 aromatic rings. The Morgan fingerprint density at radius 1 is 1.14 bits per heavy atom. The molecule has 7 heteroatoms. The van der Waals surface area contributed by atoms with Crippen LogP contribution in [-0.2, 0) is 9.59 Å². The highest BCUT2D eigenvalue weighted by molar-refractivity contribution is 9.10. The predicted molar refractivity (Wildman–Crippen MR) is 112 cm³/mol. The molecule has 0 aliphatic carbocycles. The topological polar surface area (TPSA) is 70.7 Å². The first-order chi connectivity index (χ1) is 13.6. The summed E-state index contributed by atoms with van der Waals surface area (Å²) in [7, 11) is 1.65. The van der Waals surface area contributed by atoms with Gasteiger partial charge in [-0.05, 0) is 65.1 Å². The number of nitrogens with zero attached hydrogens (tertiary/aromatic N) is 1. The monoisotopic (exact) mass is 445 g/mol. The van der Waals surface area contributed by atoms with E-state index in [1.54, 1.807) is 13.2 Å². The lowest BCUT2D eigenvalue weighted by Gasteiger charge is -2.24. The van der Waals surface area contributed by atoms with Crippen molar-refractivity contribution in [2.45, 2.75) is 18.9 Å². The van der Waals surface area contributed by atoms with Gasteiger partial charge in [-0.3, -0.25) is 14.5 Å². The van der Waals surface area contributed by atoms with E-state index in [0.29, 0.717) is 5.69 Å². The van der Waals surface area contributed by atoms with Gasteiger partial charge in [0.1, 0.15) is 5.75 Å². The van der Waals surface area contributed by atoms with Crippen LogP contribution < -0.4 is 15.4 Å². The van der Waals surface area contributed by atoms with Crippen molar-refractivity contribution in [2.75, 3.05) is 32.1 Å². The number of likely N-dealkylation sites (tertiary alicyclic amines) is 1. The second kappa shape index (κ2) is 9.71. The molecule has 0 spiro atoms. The molecule has 2 aromatic carbocycles. The maximum absolute atomic E-state index is 12.3. The van der Waals surface area contributed by atoms with Crippen LogP contribution in [0.2, 0.25) is 0 Å². The van der Waals surface area contributed by atoms with E-state index in [4.69, 9.17) is 4.74 Å². The highest BCUT2D eigenvalue weighted by Crippen LogP contribution is 2.32. The summed E-state index contributed by atoms with van der Waals surface area (Å²) in [6.45, 7) is 1.09. The van der Waals surface area contributed by atoms with Crippen molar-refractivity contribution in [3.8, 4) is 5.75 Å². The number of halogens is 1. The Bertz CT molecular complexity index is 826. The zero-order valence-electron chi connectivity index (χ0n) is 15.8. The van der Waals surface area contributed by atoms with Crippen molar-refractivity contribution >= 4 is 33.4 Å². The standard InChI is InChI=1S/C21H24BrN3O3/c1-28-16-10-8-15(9-11-16)19-7-4-12-25(19)14-21(27)23-13-20(26)24-18-6-3-2-5-17(18)22/h2-3,5-6,8-11,19H,4,7,12-14H2,1H3,(H,23,27)(H,24,26). The molecule has 1 heterocycles. The number of carbonyl (C=O) groups excluding carboxylic acids is 2. The molecule has 1 aliphatic heterocycles. The Balaban J connectivity index is 1.49. The Morgan fingerprint density at radius 2 is 1.89 bits per heavy atom. The Labute approximate surface area is 173 Å². The fraction of sp³-hybridized carbons (Fsp3) is 0.333. The lowest BCUT2D eigenvalue weighted by atomic mass is 10.0. The van der Waals surface area contributed by atoms with Gasteiger partial charge in [0.2, 0.25) is 11.8 Å². The third-order valence-electron chi connectivity index (χ3n) is 4.80. The summed E-state index contributed by atoms with van der Waals surface area (Å²) in [5.74, 6) is 0.415. The summed E-state index contributed by atoms with van der Waals surface area (Å²) in [6, 6.07) is 15.5. The summed E-state index contributed by atoms with van der Waals surface area (Å²) in [4.78, 5) is 26.6. The van der Waals surface area contributed by atoms with Crippen molar-refractivity contribution in [1.82, 2.24) is 10.2 Å². The molecule has 1 unspecified atom stereocenters. The van der Waals surface area contributed by atoms with E-state index in [9.17, 15) is 9.59 Å². The third-order valence-corrected chi connectivity index (χ3v) is 5.50. The Kier molecular flexibility index (Phi) is 7.06. The molecule has 6 nitrogen and oxygen atoms in total. The lowest BCUT2D eigenvalue weighted by Crippen LogP contribution is -2.40. The third kappa shape index (κ3) is 5.33. The molecule has 2 amide bonds. The first-order valence-electron chi connectivity index (χ1n) is 9.26. The zero-order valence-corrected chi connectivity index (χ0v) is 17.4. The quantitative estimate of drug-likeness (QED) is 0.685. The summed E-state index contributed by atoms with van der Waals surface area (Å²) in [6.07, 6.45) is 2.06. The number of nitrogens with one attached hydrogen (secondary N) is 2. The second-order valence-electron chi connectivity index (χ2n) is 6.71. The fourth-order valence-corrected chi connectivity index (χ4v) is 3.78. The number of hydrogen-bond donors (Lipinski definition) is 2. The largest absolute Gasteiger partial charge is 0.497 e. The van der Waals surface area contributed by atoms with Gasteiger partial charge in [-0.2, -0.15) is 0 Å². The second-order valence-corrected chi connectivity index (χ2v) is 7.56. The summed E-state index contributed by atoms with van der Waals surface area (Å²) < 4.78 is 6.01. The number of carbonyl (C=O) groups is 2. The molecule has 0 saturated carbocycles. The van der Waals surface area contributed by atoms with Crippen molar-refractivity contribution in [3.63, 3.8) is 0 Å². The van der Waals surface area contributed by atoms with Gasteiger partial charge < -0.3 is 15.4 Å². The predicted octanol–water partition coefficient (Wildman–Crippen LogP) is 3.35. The van der Waals surface area contributed by atoms with Crippen LogP contribution >= 0.6 is 15.9 Å². The minimum atomic E-state index is -0.256. The molecule has 28 heavy (non-hydrogen) atoms. The molecular formula is C21H24BrN3O3. The first kappa shape index (κ1) is 20.4. The van der Waals surface area contributed by atoms with Crippen molar-refractivity contribution in [1.29, 1.82) is 0 Å². The van der Waals surface area contributed by atoms with Gasteiger partial charge in [-0.25, -0.2) is 0 Å². The molecule has 1 saturated heterocycles. The molecule has 0 aromatic heterocycles. The van der Waals surface area contributed by atoms with E-state index in [1.807, 2.05) is 42.5 Å². The van der Waals surface area contributed by atoms with Crippen molar-refractivity contribution in [3.05, 3.63) is 58.6 Å². The van der Waals surface area contributed by atoms with E-state index >= 15 is 0 Å². The molecule has 0 bridgehead atoms. The van der Waals surface area contributed by atoms with E-state index in [0.717, 1.165) is 29.6 Å². The van der Waals surface area contributed by atoms with Gasteiger partial charge in [-0.1, -0.05) is 24.3 Å². The number of benzene rings is 2. The van der Waals surface area contributed by atoms with Crippen LogP contribution in [0.15, 0.2) is 53.0 Å². The van der Waals surface area contributed by atoms with Crippen LogP contribution in [0.5, 0.6) is 5.75 Å². The van der Waals surface area contributed by atoms with Crippen LogP contribution in [0.3, 0.4) is 0 Å². The summed E-state index contributed by atoms with van der Waals surface area (Å²) in [5.41, 5.74) is 1.86. The minimum Gasteiger partial charge on any atom is -0.497 e. The Morgan fingerprint density at radius 3 is 2.61 bits per heavy atom. The van der Waals surface area contributed by atoms with E-state index in [-0.39, 0.29) is 30.9 Å². The van der Waals surface area contributed by atoms with Gasteiger partial charge in [0.05, 0.1) is 25.9 Å². The van der Waals surface area contributed by atoms with Gasteiger partial charge in [0, 0.05) is 10.5 Å². The fourth-order valence-electron chi connectivity index (χ4n) is 3.40. The number of rotatable bonds is 7. The molecule has 1 aliphatic rings. The van der Waals surface area contributed by atoms with Gasteiger partial charge in [0.15, 0.2) is 0 Å². The molecular weight excluding hydrogens is 422 g/mol. The van der Waals surface area contributed by atoms with Crippen molar-refractivity contribution in [2.24, 2.45) is 0 Å². The van der Waals surface area contributed by atoms with E-state index in [1.165, 1.54) is 5.56 Å². The molecule has 2 N–H and O–H groups in total. The van der Waals surface area contributed by atoms with Gasteiger partial charge in [0.25, 0.3) is 0 Å². The summed E-state index contributed by atoms with van der Waals surface area (Å²) >= 11 is 3.38. The van der Waals surface area contributed by atoms with E-state index < -0.39 is 0 Å². The highest BCUT2D eigenvalue weighted by Gasteiger charge is 2.27. The Hall–Kier alpha value is -2.38. The maximum Gasteiger partial charge on any atom is 0.243 e. The average molecular weight is 446 g/mol. The van der Waals surface area contributed by atoms with Crippen LogP contribution in [-0.4, -0.2) is 43.5 Å². The molecule has 1 atom stereocenters. The smallest absolute Gasteiger partial charge is 0.243 e. The van der Waals surface area contributed by atoms with Crippen LogP contribution in [0.1, 0.15) is 24.4 Å². The molecule has 148 valence electrons. The van der Waals surface area contributed by atoms with E-state index in [2.05, 4.69) is 31.5 Å². The number of anilines is 1. The number of para-hydroxylation sites is 1. The molecule has 3 rings (SSSR count). The van der Waals surface area contributed by atoms with Crippen molar-refractivity contribution < 1.29 is 14.3 Å². The number of hydrogen-bond acceptors (Lipinski definition) is 4. The first-order valence-corrected chi connectivity index (χ1v) is 10.0. The summed E-state index contributed by atoms with van der Waals surface area (Å²) in [5, 5.41) is 5.49. The minimum absolute atomic E-state index is 0.0544. The van der Waals surface area contributed by atoms with Gasteiger partial charge >= 0.3 is 0 Å².